The molecule has 1 aliphatic rings. The van der Waals surface area contributed by atoms with Crippen molar-refractivity contribution in [3.63, 3.8) is 0 Å². The lowest BCUT2D eigenvalue weighted by Gasteiger charge is -2.28. The van der Waals surface area contributed by atoms with E-state index in [1.54, 1.807) is 19.1 Å². The molecule has 0 unspecified atom stereocenters. The molecule has 1 aromatic carbocycles. The molecule has 1 amide bonds. The number of nitrogens with one attached hydrogen (secondary N) is 2. The summed E-state index contributed by atoms with van der Waals surface area (Å²) in [6.07, 6.45) is 3.66. The number of aryl methyl sites for hydroxylation is 2. The van der Waals surface area contributed by atoms with Gasteiger partial charge in [-0.05, 0) is 50.8 Å². The third kappa shape index (κ3) is 5.15. The monoisotopic (exact) mass is 371 g/mol. The van der Waals surface area contributed by atoms with Crippen LogP contribution in [0.1, 0.15) is 41.0 Å². The van der Waals surface area contributed by atoms with Gasteiger partial charge >= 0.3 is 0 Å². The van der Waals surface area contributed by atoms with Crippen LogP contribution >= 0.6 is 0 Å². The zero-order valence-corrected chi connectivity index (χ0v) is 15.9. The smallest absolute Gasteiger partial charge is 0.251 e. The van der Waals surface area contributed by atoms with Crippen LogP contribution in [-0.2, 0) is 0 Å². The van der Waals surface area contributed by atoms with Crippen molar-refractivity contribution in [1.29, 1.82) is 0 Å². The molecule has 1 fully saturated rings. The number of hydrogen-bond donors (Lipinski definition) is 2. The molecule has 2 aromatic rings. The van der Waals surface area contributed by atoms with Crippen LogP contribution in [0, 0.1) is 19.7 Å². The van der Waals surface area contributed by atoms with Crippen molar-refractivity contribution in [1.82, 2.24) is 15.3 Å². The number of nitrogens with zero attached hydrogens (tertiary/aromatic N) is 3. The molecule has 3 rings (SSSR count). The van der Waals surface area contributed by atoms with Crippen molar-refractivity contribution in [2.45, 2.75) is 33.1 Å². The second-order valence-corrected chi connectivity index (χ2v) is 6.85. The molecule has 0 atom stereocenters. The maximum atomic E-state index is 13.6. The van der Waals surface area contributed by atoms with E-state index in [4.69, 9.17) is 0 Å². The van der Waals surface area contributed by atoms with Gasteiger partial charge in [0.15, 0.2) is 0 Å². The summed E-state index contributed by atoms with van der Waals surface area (Å²) < 4.78 is 13.6. The first-order valence-corrected chi connectivity index (χ1v) is 9.42. The minimum Gasteiger partial charge on any atom is -0.368 e. The quantitative estimate of drug-likeness (QED) is 0.764. The molecular weight excluding hydrogens is 345 g/mol. The molecule has 0 bridgehead atoms. The van der Waals surface area contributed by atoms with E-state index >= 15 is 0 Å². The molecule has 0 radical (unpaired) electrons. The molecule has 6 nitrogen and oxygen atoms in total. The van der Waals surface area contributed by atoms with Crippen molar-refractivity contribution in [3.8, 4) is 0 Å². The molecule has 0 spiro atoms. The average molecular weight is 371 g/mol. The highest BCUT2D eigenvalue weighted by Crippen LogP contribution is 2.20. The van der Waals surface area contributed by atoms with E-state index < -0.39 is 0 Å². The number of benzene rings is 1. The van der Waals surface area contributed by atoms with E-state index in [1.165, 1.54) is 25.3 Å². The van der Waals surface area contributed by atoms with Gasteiger partial charge in [0, 0.05) is 37.8 Å². The molecule has 2 heterocycles. The third-order valence-electron chi connectivity index (χ3n) is 4.66. The van der Waals surface area contributed by atoms with Gasteiger partial charge in [0.05, 0.1) is 0 Å². The summed E-state index contributed by atoms with van der Waals surface area (Å²) in [6.45, 7) is 6.54. The van der Waals surface area contributed by atoms with Crippen LogP contribution in [0.15, 0.2) is 24.3 Å². The molecule has 27 heavy (non-hydrogen) atoms. The number of amides is 1. The van der Waals surface area contributed by atoms with Crippen molar-refractivity contribution in [2.24, 2.45) is 0 Å². The molecule has 7 heteroatoms. The summed E-state index contributed by atoms with van der Waals surface area (Å²) in [4.78, 5) is 23.3. The molecule has 1 aliphatic heterocycles. The van der Waals surface area contributed by atoms with Gasteiger partial charge in [-0.3, -0.25) is 4.79 Å². The Morgan fingerprint density at radius 3 is 2.63 bits per heavy atom. The van der Waals surface area contributed by atoms with Crippen LogP contribution < -0.4 is 15.5 Å². The molecule has 0 aliphatic carbocycles. The van der Waals surface area contributed by atoms with Crippen LogP contribution in [0.4, 0.5) is 16.0 Å². The number of halogens is 1. The van der Waals surface area contributed by atoms with Gasteiger partial charge in [-0.2, -0.15) is 0 Å². The van der Waals surface area contributed by atoms with Crippen LogP contribution in [0.3, 0.4) is 0 Å². The summed E-state index contributed by atoms with van der Waals surface area (Å²) in [5.41, 5.74) is 0.847. The van der Waals surface area contributed by atoms with Crippen LogP contribution in [0.2, 0.25) is 0 Å². The van der Waals surface area contributed by atoms with Crippen molar-refractivity contribution in [3.05, 3.63) is 47.0 Å². The van der Waals surface area contributed by atoms with E-state index in [2.05, 4.69) is 25.5 Å². The molecule has 1 aromatic heterocycles. The maximum Gasteiger partial charge on any atom is 0.251 e. The second kappa shape index (κ2) is 8.79. The Balaban J connectivity index is 1.51. The van der Waals surface area contributed by atoms with E-state index in [1.807, 2.05) is 13.0 Å². The molecule has 144 valence electrons. The van der Waals surface area contributed by atoms with E-state index in [0.717, 1.165) is 30.5 Å². The Labute approximate surface area is 159 Å². The Bertz CT molecular complexity index is 805. The lowest BCUT2D eigenvalue weighted by atomic mass is 10.1. The predicted molar refractivity (Wildman–Crippen MR) is 105 cm³/mol. The Hall–Kier alpha value is -2.70. The van der Waals surface area contributed by atoms with Crippen LogP contribution in [-0.4, -0.2) is 42.1 Å². The number of hydrogen-bond acceptors (Lipinski definition) is 5. The maximum absolute atomic E-state index is 13.6. The van der Waals surface area contributed by atoms with Crippen molar-refractivity contribution in [2.75, 3.05) is 36.4 Å². The second-order valence-electron chi connectivity index (χ2n) is 6.85. The van der Waals surface area contributed by atoms with Gasteiger partial charge in [-0.1, -0.05) is 6.07 Å². The van der Waals surface area contributed by atoms with E-state index in [0.29, 0.717) is 24.2 Å². The highest BCUT2D eigenvalue weighted by Gasteiger charge is 2.14. The number of aromatic nitrogens is 2. The van der Waals surface area contributed by atoms with Crippen LogP contribution in [0.5, 0.6) is 0 Å². The largest absolute Gasteiger partial charge is 0.368 e. The van der Waals surface area contributed by atoms with Crippen molar-refractivity contribution < 1.29 is 9.18 Å². The van der Waals surface area contributed by atoms with Gasteiger partial charge < -0.3 is 15.5 Å². The van der Waals surface area contributed by atoms with Gasteiger partial charge in [-0.15, -0.1) is 0 Å². The summed E-state index contributed by atoms with van der Waals surface area (Å²) in [7, 11) is 0. The normalized spacial score (nSPS) is 14.1. The standard InChI is InChI=1S/C20H26FN5O/c1-14-6-7-16(12-17(14)21)20(27)23-9-8-22-18-13-19(25-15(2)24-18)26-10-4-3-5-11-26/h6-7,12-13H,3-5,8-11H2,1-2H3,(H,23,27)(H,22,24,25). The highest BCUT2D eigenvalue weighted by atomic mass is 19.1. The predicted octanol–water partition coefficient (Wildman–Crippen LogP) is 3.06. The number of anilines is 2. The Morgan fingerprint density at radius 1 is 1.11 bits per heavy atom. The summed E-state index contributed by atoms with van der Waals surface area (Å²) in [5, 5.41) is 6.01. The summed E-state index contributed by atoms with van der Waals surface area (Å²) in [5.74, 6) is 1.76. The summed E-state index contributed by atoms with van der Waals surface area (Å²) >= 11 is 0. The lowest BCUT2D eigenvalue weighted by molar-refractivity contribution is 0.0954. The van der Waals surface area contributed by atoms with Gasteiger partial charge in [-0.25, -0.2) is 14.4 Å². The van der Waals surface area contributed by atoms with E-state index in [9.17, 15) is 9.18 Å². The molecule has 0 saturated carbocycles. The lowest BCUT2D eigenvalue weighted by Crippen LogP contribution is -2.31. The first kappa shape index (κ1) is 19.1. The Kier molecular flexibility index (Phi) is 6.21. The van der Waals surface area contributed by atoms with Crippen LogP contribution in [0.25, 0.3) is 0 Å². The number of carbonyl (C=O) groups is 1. The van der Waals surface area contributed by atoms with Gasteiger partial charge in [0.2, 0.25) is 0 Å². The number of piperidine rings is 1. The minimum atomic E-state index is -0.373. The topological polar surface area (TPSA) is 70.2 Å². The fourth-order valence-corrected chi connectivity index (χ4v) is 3.13. The van der Waals surface area contributed by atoms with Crippen molar-refractivity contribution >= 4 is 17.5 Å². The summed E-state index contributed by atoms with van der Waals surface area (Å²) in [6, 6.07) is 6.44. The third-order valence-corrected chi connectivity index (χ3v) is 4.66. The number of rotatable bonds is 6. The zero-order valence-electron chi connectivity index (χ0n) is 15.9. The fourth-order valence-electron chi connectivity index (χ4n) is 3.13. The van der Waals surface area contributed by atoms with Gasteiger partial charge in [0.25, 0.3) is 5.91 Å². The Morgan fingerprint density at radius 2 is 1.89 bits per heavy atom. The first-order chi connectivity index (χ1) is 13.0. The SMILES string of the molecule is Cc1nc(NCCNC(=O)c2ccc(C)c(F)c2)cc(N2CCCCC2)n1. The average Bonchev–Trinajstić information content (AvgIpc) is 2.67. The minimum absolute atomic E-state index is 0.288. The number of carbonyl (C=O) groups excluding carboxylic acids is 1. The van der Waals surface area contributed by atoms with Gasteiger partial charge in [0.1, 0.15) is 23.3 Å². The fraction of sp³-hybridized carbons (Fsp3) is 0.450. The zero-order chi connectivity index (χ0) is 19.2. The molecular formula is C20H26FN5O. The molecule has 1 saturated heterocycles. The first-order valence-electron chi connectivity index (χ1n) is 9.42. The molecule has 2 N–H and O–H groups in total. The highest BCUT2D eigenvalue weighted by molar-refractivity contribution is 5.94. The van der Waals surface area contributed by atoms with E-state index in [-0.39, 0.29) is 11.7 Å².